The van der Waals surface area contributed by atoms with Crippen LogP contribution in [0, 0.1) is 5.82 Å². The molecule has 120 valence electrons. The van der Waals surface area contributed by atoms with Crippen LogP contribution >= 0.6 is 0 Å². The van der Waals surface area contributed by atoms with Crippen molar-refractivity contribution in [2.75, 3.05) is 39.9 Å². The van der Waals surface area contributed by atoms with Crippen LogP contribution in [0.2, 0.25) is 0 Å². The zero-order valence-electron chi connectivity index (χ0n) is 12.8. The summed E-state index contributed by atoms with van der Waals surface area (Å²) in [5, 5.41) is 0. The Labute approximate surface area is 129 Å². The lowest BCUT2D eigenvalue weighted by Crippen LogP contribution is -2.37. The molecular formula is C16H21FN2O3. The molecular weight excluding hydrogens is 287 g/mol. The smallest absolute Gasteiger partial charge is 0.253 e. The molecule has 0 N–H and O–H groups in total. The molecule has 1 saturated heterocycles. The van der Waals surface area contributed by atoms with Crippen LogP contribution in [0.3, 0.4) is 0 Å². The van der Waals surface area contributed by atoms with Crippen LogP contribution in [-0.4, -0.2) is 61.5 Å². The Morgan fingerprint density at radius 3 is 2.41 bits per heavy atom. The minimum atomic E-state index is -0.359. The van der Waals surface area contributed by atoms with Gasteiger partial charge in [-0.05, 0) is 30.7 Å². The fourth-order valence-corrected chi connectivity index (χ4v) is 2.49. The fourth-order valence-electron chi connectivity index (χ4n) is 2.49. The SMILES string of the molecule is COCCC(=O)N1CCCN(C(=O)c2ccc(F)cc2)CC1. The summed E-state index contributed by atoms with van der Waals surface area (Å²) in [5.74, 6) is -0.425. The Kier molecular flexibility index (Phi) is 5.89. The van der Waals surface area contributed by atoms with Crippen LogP contribution in [0.15, 0.2) is 24.3 Å². The van der Waals surface area contributed by atoms with Gasteiger partial charge in [-0.25, -0.2) is 4.39 Å². The van der Waals surface area contributed by atoms with E-state index in [9.17, 15) is 14.0 Å². The first-order valence-electron chi connectivity index (χ1n) is 7.43. The molecule has 1 aromatic carbocycles. The molecule has 1 aliphatic rings. The van der Waals surface area contributed by atoms with Crippen molar-refractivity contribution >= 4 is 11.8 Å². The number of carbonyl (C=O) groups excluding carboxylic acids is 2. The highest BCUT2D eigenvalue weighted by molar-refractivity contribution is 5.94. The van der Waals surface area contributed by atoms with E-state index in [0.29, 0.717) is 44.8 Å². The summed E-state index contributed by atoms with van der Waals surface area (Å²) < 4.78 is 17.8. The van der Waals surface area contributed by atoms with Gasteiger partial charge in [-0.3, -0.25) is 9.59 Å². The first-order chi connectivity index (χ1) is 10.6. The van der Waals surface area contributed by atoms with Gasteiger partial charge in [-0.2, -0.15) is 0 Å². The molecule has 0 spiro atoms. The van der Waals surface area contributed by atoms with Gasteiger partial charge in [-0.1, -0.05) is 0 Å². The monoisotopic (exact) mass is 308 g/mol. The number of benzene rings is 1. The molecule has 1 aromatic rings. The van der Waals surface area contributed by atoms with Gasteiger partial charge >= 0.3 is 0 Å². The van der Waals surface area contributed by atoms with E-state index < -0.39 is 0 Å². The Balaban J connectivity index is 1.93. The van der Waals surface area contributed by atoms with E-state index in [4.69, 9.17) is 4.74 Å². The molecule has 2 amide bonds. The zero-order valence-corrected chi connectivity index (χ0v) is 12.8. The van der Waals surface area contributed by atoms with Crippen molar-refractivity contribution in [3.8, 4) is 0 Å². The van der Waals surface area contributed by atoms with Crippen LogP contribution in [0.25, 0.3) is 0 Å². The highest BCUT2D eigenvalue weighted by atomic mass is 19.1. The van der Waals surface area contributed by atoms with E-state index in [-0.39, 0.29) is 17.6 Å². The average molecular weight is 308 g/mol. The lowest BCUT2D eigenvalue weighted by Gasteiger charge is -2.22. The highest BCUT2D eigenvalue weighted by Gasteiger charge is 2.22. The van der Waals surface area contributed by atoms with Gasteiger partial charge in [0.05, 0.1) is 13.0 Å². The largest absolute Gasteiger partial charge is 0.384 e. The van der Waals surface area contributed by atoms with Crippen molar-refractivity contribution < 1.29 is 18.7 Å². The summed E-state index contributed by atoms with van der Waals surface area (Å²) in [6, 6.07) is 5.55. The standard InChI is InChI=1S/C16H21FN2O3/c1-22-12-7-15(20)18-8-2-9-19(11-10-18)16(21)13-3-5-14(17)6-4-13/h3-6H,2,7-12H2,1H3. The van der Waals surface area contributed by atoms with Gasteiger partial charge in [0.1, 0.15) is 5.82 Å². The molecule has 6 heteroatoms. The normalized spacial score (nSPS) is 15.5. The second-order valence-corrected chi connectivity index (χ2v) is 5.28. The number of hydrogen-bond donors (Lipinski definition) is 0. The molecule has 2 rings (SSSR count). The van der Waals surface area contributed by atoms with Gasteiger partial charge in [0, 0.05) is 38.9 Å². The Morgan fingerprint density at radius 2 is 1.73 bits per heavy atom. The quantitative estimate of drug-likeness (QED) is 0.848. The molecule has 0 aromatic heterocycles. The van der Waals surface area contributed by atoms with E-state index in [1.807, 2.05) is 0 Å². The van der Waals surface area contributed by atoms with Crippen molar-refractivity contribution in [2.45, 2.75) is 12.8 Å². The summed E-state index contributed by atoms with van der Waals surface area (Å²) in [6.07, 6.45) is 1.11. The van der Waals surface area contributed by atoms with E-state index in [1.54, 1.807) is 16.9 Å². The molecule has 0 bridgehead atoms. The average Bonchev–Trinajstić information content (AvgIpc) is 2.78. The molecule has 1 aliphatic heterocycles. The first-order valence-corrected chi connectivity index (χ1v) is 7.43. The topological polar surface area (TPSA) is 49.9 Å². The summed E-state index contributed by atoms with van der Waals surface area (Å²) in [5.41, 5.74) is 0.473. The van der Waals surface area contributed by atoms with Crippen molar-refractivity contribution in [2.24, 2.45) is 0 Å². The summed E-state index contributed by atoms with van der Waals surface area (Å²) in [7, 11) is 1.57. The molecule has 0 unspecified atom stereocenters. The second-order valence-electron chi connectivity index (χ2n) is 5.28. The number of halogens is 1. The molecule has 1 fully saturated rings. The third kappa shape index (κ3) is 4.27. The third-order valence-corrected chi connectivity index (χ3v) is 3.75. The van der Waals surface area contributed by atoms with Crippen molar-refractivity contribution in [1.82, 2.24) is 9.80 Å². The van der Waals surface area contributed by atoms with E-state index in [2.05, 4.69) is 0 Å². The van der Waals surface area contributed by atoms with Crippen LogP contribution in [0.4, 0.5) is 4.39 Å². The van der Waals surface area contributed by atoms with Gasteiger partial charge in [-0.15, -0.1) is 0 Å². The minimum absolute atomic E-state index is 0.0536. The van der Waals surface area contributed by atoms with Gasteiger partial charge < -0.3 is 14.5 Å². The molecule has 1 heterocycles. The van der Waals surface area contributed by atoms with Crippen LogP contribution < -0.4 is 0 Å². The molecule has 22 heavy (non-hydrogen) atoms. The van der Waals surface area contributed by atoms with Crippen LogP contribution in [0.1, 0.15) is 23.2 Å². The summed E-state index contributed by atoms with van der Waals surface area (Å²) in [6.45, 7) is 2.68. The molecule has 0 saturated carbocycles. The molecule has 0 atom stereocenters. The summed E-state index contributed by atoms with van der Waals surface area (Å²) in [4.78, 5) is 27.9. The minimum Gasteiger partial charge on any atom is -0.384 e. The predicted molar refractivity (Wildman–Crippen MR) is 80.0 cm³/mol. The highest BCUT2D eigenvalue weighted by Crippen LogP contribution is 2.11. The maximum absolute atomic E-state index is 12.9. The Morgan fingerprint density at radius 1 is 1.09 bits per heavy atom. The molecule has 5 nitrogen and oxygen atoms in total. The van der Waals surface area contributed by atoms with Crippen LogP contribution in [0.5, 0.6) is 0 Å². The number of rotatable bonds is 4. The van der Waals surface area contributed by atoms with Crippen LogP contribution in [-0.2, 0) is 9.53 Å². The Bertz CT molecular complexity index is 519. The molecule has 0 radical (unpaired) electrons. The maximum atomic E-state index is 12.9. The lowest BCUT2D eigenvalue weighted by molar-refractivity contribution is -0.132. The van der Waals surface area contributed by atoms with Gasteiger partial charge in [0.25, 0.3) is 5.91 Å². The lowest BCUT2D eigenvalue weighted by atomic mass is 10.2. The predicted octanol–water partition coefficient (Wildman–Crippen LogP) is 1.54. The number of methoxy groups -OCH3 is 1. The van der Waals surface area contributed by atoms with Crippen molar-refractivity contribution in [3.05, 3.63) is 35.6 Å². The van der Waals surface area contributed by atoms with Crippen molar-refractivity contribution in [3.63, 3.8) is 0 Å². The number of carbonyl (C=O) groups is 2. The van der Waals surface area contributed by atoms with Gasteiger partial charge in [0.2, 0.25) is 5.91 Å². The molecule has 0 aliphatic carbocycles. The zero-order chi connectivity index (χ0) is 15.9. The third-order valence-electron chi connectivity index (χ3n) is 3.75. The van der Waals surface area contributed by atoms with E-state index >= 15 is 0 Å². The number of hydrogen-bond acceptors (Lipinski definition) is 3. The van der Waals surface area contributed by atoms with E-state index in [0.717, 1.165) is 6.42 Å². The second kappa shape index (κ2) is 7.89. The number of nitrogens with zero attached hydrogens (tertiary/aromatic N) is 2. The number of ether oxygens (including phenoxy) is 1. The first kappa shape index (κ1) is 16.4. The number of amides is 2. The maximum Gasteiger partial charge on any atom is 0.253 e. The van der Waals surface area contributed by atoms with E-state index in [1.165, 1.54) is 24.3 Å². The fraction of sp³-hybridized carbons (Fsp3) is 0.500. The summed E-state index contributed by atoms with van der Waals surface area (Å²) >= 11 is 0. The van der Waals surface area contributed by atoms with Crippen molar-refractivity contribution in [1.29, 1.82) is 0 Å². The Hall–Kier alpha value is -1.95. The van der Waals surface area contributed by atoms with Gasteiger partial charge in [0.15, 0.2) is 0 Å².